The van der Waals surface area contributed by atoms with E-state index >= 15 is 0 Å². The van der Waals surface area contributed by atoms with E-state index in [1.165, 1.54) is 35.9 Å². The summed E-state index contributed by atoms with van der Waals surface area (Å²) in [6, 6.07) is 10.2. The van der Waals surface area contributed by atoms with Crippen LogP contribution >= 0.6 is 0 Å². The number of furan rings is 1. The van der Waals surface area contributed by atoms with E-state index in [1.54, 1.807) is 6.07 Å². The number of hydrogen-bond donors (Lipinski definition) is 4. The van der Waals surface area contributed by atoms with Gasteiger partial charge in [-0.2, -0.15) is 0 Å². The third-order valence-electron chi connectivity index (χ3n) is 5.51. The predicted octanol–water partition coefficient (Wildman–Crippen LogP) is 3.09. The molecular formula is C23H28N2O6S. The van der Waals surface area contributed by atoms with Gasteiger partial charge >= 0.3 is 0 Å². The van der Waals surface area contributed by atoms with Gasteiger partial charge in [0.25, 0.3) is 0 Å². The van der Waals surface area contributed by atoms with E-state index in [2.05, 4.69) is 16.1 Å². The molecule has 172 valence electrons. The van der Waals surface area contributed by atoms with Crippen LogP contribution in [-0.4, -0.2) is 44.6 Å². The van der Waals surface area contributed by atoms with Gasteiger partial charge in [0.2, 0.25) is 10.0 Å². The average molecular weight is 461 g/mol. The van der Waals surface area contributed by atoms with Gasteiger partial charge in [0, 0.05) is 36.5 Å². The number of fused-ring (bicyclic) bond motifs is 3. The van der Waals surface area contributed by atoms with Crippen LogP contribution in [0.15, 0.2) is 40.8 Å². The molecule has 3 aromatic rings. The Labute approximate surface area is 187 Å². The zero-order valence-electron chi connectivity index (χ0n) is 17.9. The second-order valence-corrected chi connectivity index (χ2v) is 9.84. The van der Waals surface area contributed by atoms with Crippen LogP contribution in [0.25, 0.3) is 11.0 Å². The lowest BCUT2D eigenvalue weighted by Crippen LogP contribution is -2.26. The number of sulfonamides is 1. The first-order valence-corrected chi connectivity index (χ1v) is 12.6. The molecule has 0 aliphatic heterocycles. The highest BCUT2D eigenvalue weighted by atomic mass is 32.2. The molecule has 4 rings (SSSR count). The van der Waals surface area contributed by atoms with Crippen LogP contribution in [0.4, 0.5) is 5.69 Å². The topological polar surface area (TPSA) is 121 Å². The van der Waals surface area contributed by atoms with Crippen LogP contribution in [0.3, 0.4) is 0 Å². The Hall–Kier alpha value is -2.75. The number of aryl methyl sites for hydroxylation is 2. The molecule has 0 saturated carbocycles. The molecule has 8 nitrogen and oxygen atoms in total. The zero-order chi connectivity index (χ0) is 22.7. The van der Waals surface area contributed by atoms with E-state index in [0.717, 1.165) is 36.2 Å². The summed E-state index contributed by atoms with van der Waals surface area (Å²) in [4.78, 5) is 0. The van der Waals surface area contributed by atoms with Gasteiger partial charge in [0.15, 0.2) is 0 Å². The summed E-state index contributed by atoms with van der Waals surface area (Å²) in [5.74, 6) is 1.63. The predicted molar refractivity (Wildman–Crippen MR) is 123 cm³/mol. The molecule has 9 heteroatoms. The van der Waals surface area contributed by atoms with Crippen molar-refractivity contribution in [2.24, 2.45) is 0 Å². The first-order valence-electron chi connectivity index (χ1n) is 10.7. The smallest absolute Gasteiger partial charge is 0.229 e. The van der Waals surface area contributed by atoms with Crippen molar-refractivity contribution in [1.82, 2.24) is 5.32 Å². The van der Waals surface area contributed by atoms with Crippen molar-refractivity contribution in [3.05, 3.63) is 53.3 Å². The lowest BCUT2D eigenvalue weighted by molar-refractivity contribution is 0.172. The van der Waals surface area contributed by atoms with Gasteiger partial charge in [-0.05, 0) is 49.1 Å². The van der Waals surface area contributed by atoms with E-state index in [0.29, 0.717) is 18.7 Å². The van der Waals surface area contributed by atoms with Gasteiger partial charge in [-0.25, -0.2) is 8.42 Å². The molecule has 0 radical (unpaired) electrons. The molecule has 0 fully saturated rings. The van der Waals surface area contributed by atoms with Crippen molar-refractivity contribution in [3.63, 3.8) is 0 Å². The summed E-state index contributed by atoms with van der Waals surface area (Å²) in [6.45, 7) is 1.17. The SMILES string of the molecule is CS(=O)(=O)Nc1cc(C(O)CNCCOc2ccc3c4c(oc3c2)CCCC4)ccc1O. The Morgan fingerprint density at radius 3 is 2.78 bits per heavy atom. The first-order chi connectivity index (χ1) is 15.3. The second kappa shape index (κ2) is 9.40. The Morgan fingerprint density at radius 2 is 1.97 bits per heavy atom. The van der Waals surface area contributed by atoms with Crippen LogP contribution in [0.5, 0.6) is 11.5 Å². The monoisotopic (exact) mass is 460 g/mol. The van der Waals surface area contributed by atoms with Crippen molar-refractivity contribution < 1.29 is 27.8 Å². The molecule has 0 bridgehead atoms. The molecule has 0 saturated heterocycles. The van der Waals surface area contributed by atoms with E-state index in [4.69, 9.17) is 9.15 Å². The van der Waals surface area contributed by atoms with Crippen LogP contribution in [0.2, 0.25) is 0 Å². The van der Waals surface area contributed by atoms with Gasteiger partial charge in [-0.1, -0.05) is 6.07 Å². The number of phenols is 1. The Bertz CT molecular complexity index is 1200. The van der Waals surface area contributed by atoms with Gasteiger partial charge in [-0.3, -0.25) is 4.72 Å². The number of benzene rings is 2. The highest BCUT2D eigenvalue weighted by Crippen LogP contribution is 2.33. The van der Waals surface area contributed by atoms with Crippen molar-refractivity contribution >= 4 is 26.7 Å². The largest absolute Gasteiger partial charge is 0.506 e. The molecule has 1 aromatic heterocycles. The number of anilines is 1. The molecule has 1 unspecified atom stereocenters. The fourth-order valence-corrected chi connectivity index (χ4v) is 4.54. The number of aromatic hydroxyl groups is 1. The third kappa shape index (κ3) is 5.35. The Morgan fingerprint density at radius 1 is 1.16 bits per heavy atom. The van der Waals surface area contributed by atoms with E-state index < -0.39 is 16.1 Å². The number of hydrogen-bond acceptors (Lipinski definition) is 7. The fourth-order valence-electron chi connectivity index (χ4n) is 3.97. The van der Waals surface area contributed by atoms with Crippen molar-refractivity contribution in [3.8, 4) is 11.5 Å². The highest BCUT2D eigenvalue weighted by Gasteiger charge is 2.18. The van der Waals surface area contributed by atoms with Crippen molar-refractivity contribution in [1.29, 1.82) is 0 Å². The molecule has 0 amide bonds. The maximum absolute atomic E-state index is 11.4. The summed E-state index contributed by atoms with van der Waals surface area (Å²) in [5, 5.41) is 24.5. The van der Waals surface area contributed by atoms with Gasteiger partial charge < -0.3 is 24.7 Å². The number of aliphatic hydroxyl groups excluding tert-OH is 1. The number of phenolic OH excluding ortho intramolecular Hbond substituents is 1. The number of nitrogens with one attached hydrogen (secondary N) is 2. The number of ether oxygens (including phenoxy) is 1. The molecule has 4 N–H and O–H groups in total. The van der Waals surface area contributed by atoms with E-state index in [1.807, 2.05) is 12.1 Å². The number of rotatable bonds is 9. The molecule has 1 aliphatic rings. The lowest BCUT2D eigenvalue weighted by Gasteiger charge is -2.15. The van der Waals surface area contributed by atoms with Gasteiger partial charge in [-0.15, -0.1) is 0 Å². The normalized spacial score (nSPS) is 14.8. The van der Waals surface area contributed by atoms with Crippen LogP contribution in [0, 0.1) is 0 Å². The summed E-state index contributed by atoms with van der Waals surface area (Å²) in [6.07, 6.45) is 4.57. The van der Waals surface area contributed by atoms with E-state index in [9.17, 15) is 18.6 Å². The summed E-state index contributed by atoms with van der Waals surface area (Å²) < 4.78 is 36.8. The van der Waals surface area contributed by atoms with Crippen molar-refractivity contribution in [2.75, 3.05) is 30.7 Å². The maximum Gasteiger partial charge on any atom is 0.229 e. The van der Waals surface area contributed by atoms with Crippen LogP contribution in [-0.2, 0) is 22.9 Å². The maximum atomic E-state index is 11.4. The molecule has 1 heterocycles. The quantitative estimate of drug-likeness (QED) is 0.286. The molecule has 2 aromatic carbocycles. The highest BCUT2D eigenvalue weighted by molar-refractivity contribution is 7.92. The van der Waals surface area contributed by atoms with E-state index in [-0.39, 0.29) is 18.0 Å². The summed E-state index contributed by atoms with van der Waals surface area (Å²) >= 11 is 0. The molecule has 32 heavy (non-hydrogen) atoms. The summed E-state index contributed by atoms with van der Waals surface area (Å²) in [5.41, 5.74) is 2.71. The first kappa shape index (κ1) is 22.4. The summed E-state index contributed by atoms with van der Waals surface area (Å²) in [7, 11) is -3.54. The van der Waals surface area contributed by atoms with Gasteiger partial charge in [0.1, 0.15) is 29.4 Å². The lowest BCUT2D eigenvalue weighted by atomic mass is 9.96. The average Bonchev–Trinajstić information content (AvgIpc) is 3.11. The Kier molecular flexibility index (Phi) is 6.59. The third-order valence-corrected chi connectivity index (χ3v) is 6.11. The minimum Gasteiger partial charge on any atom is -0.506 e. The van der Waals surface area contributed by atoms with Crippen LogP contribution < -0.4 is 14.8 Å². The second-order valence-electron chi connectivity index (χ2n) is 8.09. The molecule has 0 spiro atoms. The molecule has 1 aliphatic carbocycles. The minimum absolute atomic E-state index is 0.0300. The van der Waals surface area contributed by atoms with Crippen molar-refractivity contribution in [2.45, 2.75) is 31.8 Å². The molecular weight excluding hydrogens is 432 g/mol. The number of aliphatic hydroxyl groups is 1. The molecule has 1 atom stereocenters. The Balaban J connectivity index is 1.27. The zero-order valence-corrected chi connectivity index (χ0v) is 18.7. The fraction of sp³-hybridized carbons (Fsp3) is 0.391. The van der Waals surface area contributed by atoms with Crippen LogP contribution in [0.1, 0.15) is 35.8 Å². The standard InChI is InChI=1S/C23H28N2O6S/c1-32(28,29)25-19-12-15(6-9-20(19)26)21(27)14-24-10-11-30-16-7-8-18-17-4-2-3-5-22(17)31-23(18)13-16/h6-9,12-13,21,24-27H,2-5,10-11,14H2,1H3. The van der Waals surface area contributed by atoms with Gasteiger partial charge in [0.05, 0.1) is 18.0 Å². The minimum atomic E-state index is -3.54.